The van der Waals surface area contributed by atoms with E-state index >= 15 is 0 Å². The van der Waals surface area contributed by atoms with E-state index in [-0.39, 0.29) is 31.4 Å². The van der Waals surface area contributed by atoms with E-state index in [0.717, 1.165) is 25.9 Å². The van der Waals surface area contributed by atoms with Gasteiger partial charge in [0, 0.05) is 26.2 Å². The lowest BCUT2D eigenvalue weighted by molar-refractivity contribution is -0.150. The van der Waals surface area contributed by atoms with Gasteiger partial charge in [0.15, 0.2) is 0 Å². The normalized spacial score (nSPS) is 30.2. The molecule has 3 aliphatic heterocycles. The van der Waals surface area contributed by atoms with Crippen molar-refractivity contribution in [3.05, 3.63) is 12.7 Å². The average molecular weight is 349 g/mol. The minimum Gasteiger partial charge on any atom is -0.481 e. The molecule has 3 rings (SSSR count). The van der Waals surface area contributed by atoms with Gasteiger partial charge in [0.05, 0.1) is 12.5 Å². The van der Waals surface area contributed by atoms with Crippen LogP contribution in [-0.4, -0.2) is 83.4 Å². The van der Waals surface area contributed by atoms with Crippen molar-refractivity contribution in [3.63, 3.8) is 0 Å². The molecule has 0 saturated carbocycles. The van der Waals surface area contributed by atoms with Gasteiger partial charge in [-0.05, 0) is 25.9 Å². The first-order chi connectivity index (χ1) is 12.0. The maximum absolute atomic E-state index is 12.7. The summed E-state index contributed by atoms with van der Waals surface area (Å²) in [6.45, 7) is 6.63. The van der Waals surface area contributed by atoms with Gasteiger partial charge < -0.3 is 14.9 Å². The van der Waals surface area contributed by atoms with Crippen LogP contribution in [0.3, 0.4) is 0 Å². The number of hydrogen-bond acceptors (Lipinski definition) is 4. The summed E-state index contributed by atoms with van der Waals surface area (Å²) >= 11 is 0. The Labute approximate surface area is 148 Å². The van der Waals surface area contributed by atoms with E-state index in [0.29, 0.717) is 13.1 Å². The first-order valence-corrected chi connectivity index (χ1v) is 9.11. The van der Waals surface area contributed by atoms with Gasteiger partial charge in [-0.1, -0.05) is 18.9 Å². The van der Waals surface area contributed by atoms with Gasteiger partial charge in [-0.15, -0.1) is 6.58 Å². The third-order valence-corrected chi connectivity index (χ3v) is 5.81. The zero-order valence-electron chi connectivity index (χ0n) is 14.7. The Morgan fingerprint density at radius 1 is 1.20 bits per heavy atom. The summed E-state index contributed by atoms with van der Waals surface area (Å²) in [6.07, 6.45) is 6.21. The fourth-order valence-corrected chi connectivity index (χ4v) is 4.39. The molecule has 0 aromatic heterocycles. The van der Waals surface area contributed by atoms with E-state index < -0.39 is 17.3 Å². The lowest BCUT2D eigenvalue weighted by atomic mass is 9.81. The van der Waals surface area contributed by atoms with Gasteiger partial charge >= 0.3 is 5.97 Å². The van der Waals surface area contributed by atoms with Crippen LogP contribution in [0.1, 0.15) is 25.7 Å². The Balaban J connectivity index is 1.68. The second-order valence-corrected chi connectivity index (χ2v) is 7.49. The molecule has 1 N–H and O–H groups in total. The van der Waals surface area contributed by atoms with Crippen molar-refractivity contribution >= 4 is 17.8 Å². The van der Waals surface area contributed by atoms with E-state index in [1.54, 1.807) is 15.9 Å². The topological polar surface area (TPSA) is 81.2 Å². The highest BCUT2D eigenvalue weighted by Crippen LogP contribution is 2.43. The van der Waals surface area contributed by atoms with Crippen molar-refractivity contribution < 1.29 is 19.5 Å². The van der Waals surface area contributed by atoms with Gasteiger partial charge in [-0.3, -0.25) is 19.3 Å². The summed E-state index contributed by atoms with van der Waals surface area (Å²) in [7, 11) is 0. The number of carbonyl (C=O) groups excluding carboxylic acids is 2. The smallest absolute Gasteiger partial charge is 0.314 e. The summed E-state index contributed by atoms with van der Waals surface area (Å²) in [5.74, 6) is -1.85. The highest BCUT2D eigenvalue weighted by Gasteiger charge is 2.62. The van der Waals surface area contributed by atoms with Gasteiger partial charge in [-0.25, -0.2) is 0 Å². The highest BCUT2D eigenvalue weighted by molar-refractivity contribution is 5.94. The lowest BCUT2D eigenvalue weighted by Crippen LogP contribution is -2.44. The van der Waals surface area contributed by atoms with E-state index in [1.807, 2.05) is 0 Å². The molecule has 25 heavy (non-hydrogen) atoms. The number of carboxylic acid groups (broad SMARTS) is 1. The number of carbonyl (C=O) groups is 3. The van der Waals surface area contributed by atoms with Crippen molar-refractivity contribution in [2.75, 3.05) is 45.8 Å². The maximum Gasteiger partial charge on any atom is 0.314 e. The predicted molar refractivity (Wildman–Crippen MR) is 91.8 cm³/mol. The number of aliphatic carboxylic acids is 1. The summed E-state index contributed by atoms with van der Waals surface area (Å²) in [5.41, 5.74) is -1.17. The van der Waals surface area contributed by atoms with Crippen LogP contribution in [0.2, 0.25) is 0 Å². The molecule has 2 amide bonds. The second-order valence-electron chi connectivity index (χ2n) is 7.49. The summed E-state index contributed by atoms with van der Waals surface area (Å²) < 4.78 is 0. The van der Waals surface area contributed by atoms with E-state index in [9.17, 15) is 19.5 Å². The standard InChI is InChI=1S/C18H27N3O4/c1-2-7-20-12-18(17(24)25)13-21(10-14(18)16(20)23)15(22)11-19-8-5-3-4-6-9-19/h2,14H,1,3-13H2,(H,24,25)/t14-,18+/m0/s1. The molecule has 0 aromatic carbocycles. The zero-order chi connectivity index (χ0) is 18.0. The largest absolute Gasteiger partial charge is 0.481 e. The quantitative estimate of drug-likeness (QED) is 0.728. The molecule has 0 bridgehead atoms. The fraction of sp³-hybridized carbons (Fsp3) is 0.722. The van der Waals surface area contributed by atoms with Crippen molar-refractivity contribution in [1.82, 2.24) is 14.7 Å². The number of rotatable bonds is 5. The molecule has 3 heterocycles. The average Bonchev–Trinajstić information content (AvgIpc) is 2.94. The molecular weight excluding hydrogens is 322 g/mol. The zero-order valence-corrected chi connectivity index (χ0v) is 14.7. The number of hydrogen-bond donors (Lipinski definition) is 1. The second kappa shape index (κ2) is 7.15. The van der Waals surface area contributed by atoms with Crippen molar-refractivity contribution in [2.24, 2.45) is 11.3 Å². The first kappa shape index (κ1) is 17.9. The molecule has 138 valence electrons. The molecule has 7 nitrogen and oxygen atoms in total. The molecule has 0 aromatic rings. The van der Waals surface area contributed by atoms with Gasteiger partial charge in [0.2, 0.25) is 11.8 Å². The van der Waals surface area contributed by atoms with Crippen LogP contribution in [0, 0.1) is 11.3 Å². The third kappa shape index (κ3) is 3.29. The molecular formula is C18H27N3O4. The molecule has 0 unspecified atom stereocenters. The SMILES string of the molecule is C=CCN1C[C@@]2(C(=O)O)CN(C(=O)CN3CCCCCC3)C[C@H]2C1=O. The van der Waals surface area contributed by atoms with Crippen LogP contribution < -0.4 is 0 Å². The third-order valence-electron chi connectivity index (χ3n) is 5.81. The van der Waals surface area contributed by atoms with Gasteiger partial charge in [0.25, 0.3) is 0 Å². The number of likely N-dealkylation sites (tertiary alicyclic amines) is 3. The minimum absolute atomic E-state index is 0.0556. The number of nitrogens with zero attached hydrogens (tertiary/aromatic N) is 3. The molecule has 0 radical (unpaired) electrons. The van der Waals surface area contributed by atoms with Gasteiger partial charge in [-0.2, -0.15) is 0 Å². The van der Waals surface area contributed by atoms with E-state index in [2.05, 4.69) is 11.5 Å². The van der Waals surface area contributed by atoms with Crippen LogP contribution in [0.4, 0.5) is 0 Å². The summed E-state index contributed by atoms with van der Waals surface area (Å²) in [6, 6.07) is 0. The van der Waals surface area contributed by atoms with Crippen LogP contribution in [0.15, 0.2) is 12.7 Å². The predicted octanol–water partition coefficient (Wildman–Crippen LogP) is 0.420. The van der Waals surface area contributed by atoms with Crippen molar-refractivity contribution in [2.45, 2.75) is 25.7 Å². The fourth-order valence-electron chi connectivity index (χ4n) is 4.39. The van der Waals surface area contributed by atoms with Crippen molar-refractivity contribution in [3.8, 4) is 0 Å². The maximum atomic E-state index is 12.7. The number of amides is 2. The molecule has 3 saturated heterocycles. The van der Waals surface area contributed by atoms with Crippen molar-refractivity contribution in [1.29, 1.82) is 0 Å². The Morgan fingerprint density at radius 3 is 2.44 bits per heavy atom. The lowest BCUT2D eigenvalue weighted by Gasteiger charge is -2.27. The van der Waals surface area contributed by atoms with Crippen LogP contribution in [0.25, 0.3) is 0 Å². The molecule has 0 spiro atoms. The summed E-state index contributed by atoms with van der Waals surface area (Å²) in [5, 5.41) is 9.78. The molecule has 0 aliphatic carbocycles. The monoisotopic (exact) mass is 349 g/mol. The Hall–Kier alpha value is -1.89. The first-order valence-electron chi connectivity index (χ1n) is 9.11. The van der Waals surface area contributed by atoms with Crippen LogP contribution >= 0.6 is 0 Å². The minimum atomic E-state index is -1.17. The Kier molecular flexibility index (Phi) is 5.13. The highest BCUT2D eigenvalue weighted by atomic mass is 16.4. The number of fused-ring (bicyclic) bond motifs is 1. The van der Waals surface area contributed by atoms with Crippen LogP contribution in [-0.2, 0) is 14.4 Å². The van der Waals surface area contributed by atoms with E-state index in [4.69, 9.17) is 0 Å². The molecule has 3 aliphatic rings. The summed E-state index contributed by atoms with van der Waals surface area (Å²) in [4.78, 5) is 42.5. The van der Waals surface area contributed by atoms with Crippen LogP contribution in [0.5, 0.6) is 0 Å². The molecule has 7 heteroatoms. The van der Waals surface area contributed by atoms with Gasteiger partial charge in [0.1, 0.15) is 5.41 Å². The Morgan fingerprint density at radius 2 is 1.88 bits per heavy atom. The molecule has 2 atom stereocenters. The van der Waals surface area contributed by atoms with E-state index in [1.165, 1.54) is 12.8 Å². The Bertz CT molecular complexity index is 571. The number of carboxylic acids is 1. The molecule has 3 fully saturated rings.